The first-order valence-electron chi connectivity index (χ1n) is 12.2. The Labute approximate surface area is 227 Å². The number of methoxy groups -OCH3 is 1. The van der Waals surface area contributed by atoms with E-state index in [1.807, 2.05) is 103 Å². The molecule has 4 aromatic rings. The zero-order valence-electron chi connectivity index (χ0n) is 21.0. The molecule has 0 aliphatic carbocycles. The lowest BCUT2D eigenvalue weighted by molar-refractivity contribution is -0.144. The van der Waals surface area contributed by atoms with Crippen LogP contribution in [0.3, 0.4) is 0 Å². The maximum absolute atomic E-state index is 12.6. The maximum atomic E-state index is 12.6. The van der Waals surface area contributed by atoms with Crippen molar-refractivity contribution in [3.05, 3.63) is 131 Å². The van der Waals surface area contributed by atoms with Crippen LogP contribution in [0.1, 0.15) is 16.7 Å². The third-order valence-electron chi connectivity index (χ3n) is 5.93. The van der Waals surface area contributed by atoms with E-state index in [4.69, 9.17) is 21.1 Å². The summed E-state index contributed by atoms with van der Waals surface area (Å²) in [5.74, 6) is -0.172. The highest BCUT2D eigenvalue weighted by Gasteiger charge is 2.21. The van der Waals surface area contributed by atoms with Crippen LogP contribution in [0.5, 0.6) is 5.75 Å². The van der Waals surface area contributed by atoms with Crippen LogP contribution < -0.4 is 10.1 Å². The first-order chi connectivity index (χ1) is 18.5. The van der Waals surface area contributed by atoms with Gasteiger partial charge in [-0.25, -0.2) is 4.79 Å². The normalized spacial score (nSPS) is 11.6. The number of carbonyl (C=O) groups is 2. The molecule has 0 aliphatic rings. The molecule has 1 atom stereocenters. The zero-order valence-corrected chi connectivity index (χ0v) is 21.7. The van der Waals surface area contributed by atoms with E-state index in [9.17, 15) is 9.59 Å². The largest absolute Gasteiger partial charge is 0.489 e. The van der Waals surface area contributed by atoms with Gasteiger partial charge in [0, 0.05) is 17.5 Å². The third-order valence-corrected chi connectivity index (χ3v) is 6.18. The second-order valence-electron chi connectivity index (χ2n) is 8.67. The summed E-state index contributed by atoms with van der Waals surface area (Å²) in [6, 6.07) is 32.0. The molecule has 0 unspecified atom stereocenters. The standard InChI is InChI=1S/C32H28ClNO4/c1-37-32(36)30(21-24-9-18-29(19-10-24)38-22-25-5-3-2-4-6-25)34-31(35)20-11-23-7-12-26(13-8-23)27-14-16-28(33)17-15-27/h2-20,30H,21-22H2,1H3,(H,34,35)/b20-11+/t30-/m0/s1. The first kappa shape index (κ1) is 26.7. The van der Waals surface area contributed by atoms with E-state index in [0.717, 1.165) is 33.6 Å². The fourth-order valence-corrected chi connectivity index (χ4v) is 3.98. The number of ether oxygens (including phenoxy) is 2. The Bertz CT molecular complexity index is 1370. The highest BCUT2D eigenvalue weighted by molar-refractivity contribution is 6.30. The van der Waals surface area contributed by atoms with E-state index in [1.165, 1.54) is 13.2 Å². The number of esters is 1. The Morgan fingerprint density at radius 1 is 0.816 bits per heavy atom. The van der Waals surface area contributed by atoms with Gasteiger partial charge in [-0.1, -0.05) is 90.5 Å². The van der Waals surface area contributed by atoms with Crippen molar-refractivity contribution in [1.29, 1.82) is 0 Å². The van der Waals surface area contributed by atoms with Crippen LogP contribution in [-0.2, 0) is 27.4 Å². The molecule has 1 amide bonds. The van der Waals surface area contributed by atoms with E-state index < -0.39 is 12.0 Å². The molecule has 0 aliphatic heterocycles. The molecule has 5 nitrogen and oxygen atoms in total. The Hall–Kier alpha value is -4.35. The zero-order chi connectivity index (χ0) is 26.7. The van der Waals surface area contributed by atoms with Crippen LogP contribution in [0, 0.1) is 0 Å². The van der Waals surface area contributed by atoms with Crippen molar-refractivity contribution < 1.29 is 19.1 Å². The van der Waals surface area contributed by atoms with Crippen LogP contribution in [0.25, 0.3) is 17.2 Å². The minimum Gasteiger partial charge on any atom is -0.489 e. The molecule has 0 aromatic heterocycles. The highest BCUT2D eigenvalue weighted by atomic mass is 35.5. The molecule has 0 fully saturated rings. The topological polar surface area (TPSA) is 64.6 Å². The van der Waals surface area contributed by atoms with E-state index in [1.54, 1.807) is 6.08 Å². The third kappa shape index (κ3) is 7.82. The molecule has 0 saturated carbocycles. The summed E-state index contributed by atoms with van der Waals surface area (Å²) in [6.07, 6.45) is 3.41. The van der Waals surface area contributed by atoms with E-state index in [-0.39, 0.29) is 5.91 Å². The summed E-state index contributed by atoms with van der Waals surface area (Å²) in [4.78, 5) is 24.9. The molecule has 4 aromatic carbocycles. The Morgan fingerprint density at radius 2 is 1.45 bits per heavy atom. The number of rotatable bonds is 10. The van der Waals surface area contributed by atoms with Crippen molar-refractivity contribution in [3.8, 4) is 16.9 Å². The van der Waals surface area contributed by atoms with E-state index >= 15 is 0 Å². The summed E-state index contributed by atoms with van der Waals surface area (Å²) in [5, 5.41) is 3.44. The van der Waals surface area contributed by atoms with Crippen LogP contribution in [0.2, 0.25) is 5.02 Å². The average molecular weight is 526 g/mol. The quantitative estimate of drug-likeness (QED) is 0.189. The predicted molar refractivity (Wildman–Crippen MR) is 151 cm³/mol. The number of amides is 1. The van der Waals surface area contributed by atoms with Crippen LogP contribution >= 0.6 is 11.6 Å². The monoisotopic (exact) mass is 525 g/mol. The first-order valence-corrected chi connectivity index (χ1v) is 12.6. The van der Waals surface area contributed by atoms with Gasteiger partial charge in [0.25, 0.3) is 0 Å². The molecule has 1 N–H and O–H groups in total. The lowest BCUT2D eigenvalue weighted by Crippen LogP contribution is -2.42. The van der Waals surface area contributed by atoms with Gasteiger partial charge in [0.15, 0.2) is 0 Å². The second-order valence-corrected chi connectivity index (χ2v) is 9.11. The van der Waals surface area contributed by atoms with Gasteiger partial charge in [0.05, 0.1) is 7.11 Å². The van der Waals surface area contributed by atoms with Crippen LogP contribution in [0.4, 0.5) is 0 Å². The van der Waals surface area contributed by atoms with Gasteiger partial charge in [-0.05, 0) is 58.2 Å². The number of carbonyl (C=O) groups excluding carboxylic acids is 2. The van der Waals surface area contributed by atoms with E-state index in [2.05, 4.69) is 5.32 Å². The van der Waals surface area contributed by atoms with Gasteiger partial charge in [0.1, 0.15) is 18.4 Å². The fourth-order valence-electron chi connectivity index (χ4n) is 3.85. The summed E-state index contributed by atoms with van der Waals surface area (Å²) in [5.41, 5.74) is 4.91. The smallest absolute Gasteiger partial charge is 0.328 e. The molecule has 4 rings (SSSR count). The molecule has 0 bridgehead atoms. The Morgan fingerprint density at radius 3 is 2.08 bits per heavy atom. The van der Waals surface area contributed by atoms with Crippen molar-refractivity contribution in [2.75, 3.05) is 7.11 Å². The molecule has 0 radical (unpaired) electrons. The van der Waals surface area contributed by atoms with Crippen molar-refractivity contribution in [2.24, 2.45) is 0 Å². The van der Waals surface area contributed by atoms with Crippen LogP contribution in [-0.4, -0.2) is 25.0 Å². The van der Waals surface area contributed by atoms with E-state index in [0.29, 0.717) is 18.1 Å². The summed E-state index contributed by atoms with van der Waals surface area (Å²) >= 11 is 5.96. The van der Waals surface area contributed by atoms with Crippen molar-refractivity contribution in [2.45, 2.75) is 19.1 Å². The Kier molecular flexibility index (Phi) is 9.32. The minimum atomic E-state index is -0.819. The second kappa shape index (κ2) is 13.3. The molecule has 192 valence electrons. The van der Waals surface area contributed by atoms with Gasteiger partial charge in [-0.15, -0.1) is 0 Å². The summed E-state index contributed by atoms with van der Waals surface area (Å²) in [6.45, 7) is 0.469. The fraction of sp³-hybridized carbons (Fsp3) is 0.125. The molecule has 0 heterocycles. The minimum absolute atomic E-state index is 0.293. The molecular weight excluding hydrogens is 498 g/mol. The van der Waals surface area contributed by atoms with Gasteiger partial charge in [0.2, 0.25) is 5.91 Å². The van der Waals surface area contributed by atoms with Crippen molar-refractivity contribution in [3.63, 3.8) is 0 Å². The number of hydrogen-bond acceptors (Lipinski definition) is 4. The maximum Gasteiger partial charge on any atom is 0.328 e. The Balaban J connectivity index is 1.33. The molecule has 38 heavy (non-hydrogen) atoms. The lowest BCUT2D eigenvalue weighted by atomic mass is 10.0. The van der Waals surface area contributed by atoms with Crippen LogP contribution in [0.15, 0.2) is 109 Å². The lowest BCUT2D eigenvalue weighted by Gasteiger charge is -2.16. The number of benzene rings is 4. The SMILES string of the molecule is COC(=O)[C@H](Cc1ccc(OCc2ccccc2)cc1)NC(=O)/C=C/c1ccc(-c2ccc(Cl)cc2)cc1. The number of nitrogens with one attached hydrogen (secondary N) is 1. The predicted octanol–water partition coefficient (Wildman–Crippen LogP) is 6.50. The molecule has 0 saturated heterocycles. The molecule has 0 spiro atoms. The highest BCUT2D eigenvalue weighted by Crippen LogP contribution is 2.22. The van der Waals surface area contributed by atoms with Gasteiger partial charge >= 0.3 is 5.97 Å². The van der Waals surface area contributed by atoms with Gasteiger partial charge in [-0.3, -0.25) is 4.79 Å². The molecule has 6 heteroatoms. The summed E-state index contributed by atoms with van der Waals surface area (Å²) < 4.78 is 10.7. The van der Waals surface area contributed by atoms with Crippen molar-refractivity contribution in [1.82, 2.24) is 5.32 Å². The van der Waals surface area contributed by atoms with Gasteiger partial charge in [-0.2, -0.15) is 0 Å². The van der Waals surface area contributed by atoms with Gasteiger partial charge < -0.3 is 14.8 Å². The molecular formula is C32H28ClNO4. The summed E-state index contributed by atoms with van der Waals surface area (Å²) in [7, 11) is 1.31. The average Bonchev–Trinajstić information content (AvgIpc) is 2.96. The van der Waals surface area contributed by atoms with Crippen molar-refractivity contribution >= 4 is 29.6 Å². The number of halogens is 1. The number of hydrogen-bond donors (Lipinski definition) is 1.